The van der Waals surface area contributed by atoms with Crippen LogP contribution in [0, 0.1) is 6.92 Å². The molecule has 1 aliphatic rings. The highest BCUT2D eigenvalue weighted by atomic mass is 35.5. The monoisotopic (exact) mass is 631 g/mol. The maximum absolute atomic E-state index is 14.1. The first kappa shape index (κ1) is 31.7. The number of anilines is 1. The lowest BCUT2D eigenvalue weighted by atomic mass is 10.1. The molecule has 0 unspecified atom stereocenters. The molecule has 0 aromatic heterocycles. The van der Waals surface area contributed by atoms with Crippen molar-refractivity contribution in [3.05, 3.63) is 87.9 Å². The second-order valence-corrected chi connectivity index (χ2v) is 13.2. The molecule has 1 saturated carbocycles. The van der Waals surface area contributed by atoms with E-state index in [1.54, 1.807) is 61.5 Å². The van der Waals surface area contributed by atoms with Crippen LogP contribution in [-0.2, 0) is 26.2 Å². The van der Waals surface area contributed by atoms with Gasteiger partial charge in [0, 0.05) is 22.6 Å². The number of sulfonamides is 1. The minimum absolute atomic E-state index is 0.0187. The summed E-state index contributed by atoms with van der Waals surface area (Å²) in [6.45, 7) is 2.93. The van der Waals surface area contributed by atoms with Crippen LogP contribution in [0.15, 0.2) is 71.6 Å². The first-order valence-electron chi connectivity index (χ1n) is 13.8. The average Bonchev–Trinajstić information content (AvgIpc) is 3.48. The number of nitrogens with one attached hydrogen (secondary N) is 1. The van der Waals surface area contributed by atoms with Crippen LogP contribution in [0.1, 0.15) is 43.7 Å². The van der Waals surface area contributed by atoms with E-state index in [0.29, 0.717) is 21.4 Å². The molecule has 11 heteroatoms. The lowest BCUT2D eigenvalue weighted by Gasteiger charge is -2.32. The predicted octanol–water partition coefficient (Wildman–Crippen LogP) is 5.98. The summed E-state index contributed by atoms with van der Waals surface area (Å²) in [6.07, 6.45) is 3.84. The molecule has 1 fully saturated rings. The van der Waals surface area contributed by atoms with Crippen LogP contribution in [0.25, 0.3) is 0 Å². The van der Waals surface area contributed by atoms with Crippen molar-refractivity contribution in [1.29, 1.82) is 0 Å². The summed E-state index contributed by atoms with van der Waals surface area (Å²) >= 11 is 12.5. The lowest BCUT2D eigenvalue weighted by molar-refractivity contribution is -0.139. The second-order valence-electron chi connectivity index (χ2n) is 10.4. The molecular formula is C31H35Cl2N3O5S. The molecule has 0 heterocycles. The van der Waals surface area contributed by atoms with Gasteiger partial charge in [0.2, 0.25) is 11.8 Å². The zero-order valence-electron chi connectivity index (χ0n) is 23.8. The van der Waals surface area contributed by atoms with Crippen molar-refractivity contribution in [2.24, 2.45) is 0 Å². The Kier molecular flexibility index (Phi) is 10.4. The van der Waals surface area contributed by atoms with E-state index in [2.05, 4.69) is 5.32 Å². The van der Waals surface area contributed by atoms with Crippen molar-refractivity contribution < 1.29 is 22.7 Å². The van der Waals surface area contributed by atoms with E-state index in [0.717, 1.165) is 35.6 Å². The van der Waals surface area contributed by atoms with Crippen LogP contribution in [0.5, 0.6) is 5.75 Å². The van der Waals surface area contributed by atoms with E-state index in [1.807, 2.05) is 6.92 Å². The molecule has 3 aromatic rings. The van der Waals surface area contributed by atoms with Gasteiger partial charge in [-0.2, -0.15) is 0 Å². The van der Waals surface area contributed by atoms with Gasteiger partial charge < -0.3 is 15.0 Å². The smallest absolute Gasteiger partial charge is 0.264 e. The number of carbonyl (C=O) groups excluding carboxylic acids is 2. The average molecular weight is 633 g/mol. The predicted molar refractivity (Wildman–Crippen MR) is 166 cm³/mol. The molecule has 4 rings (SSSR count). The molecule has 0 aliphatic heterocycles. The third-order valence-corrected chi connectivity index (χ3v) is 9.85. The van der Waals surface area contributed by atoms with Crippen molar-refractivity contribution >= 4 is 50.7 Å². The molecule has 0 saturated heterocycles. The second kappa shape index (κ2) is 13.8. The zero-order valence-corrected chi connectivity index (χ0v) is 26.2. The third-order valence-electron chi connectivity index (χ3n) is 7.47. The van der Waals surface area contributed by atoms with Crippen molar-refractivity contribution in [3.8, 4) is 5.75 Å². The van der Waals surface area contributed by atoms with Gasteiger partial charge in [-0.25, -0.2) is 8.42 Å². The van der Waals surface area contributed by atoms with Gasteiger partial charge >= 0.3 is 0 Å². The number of hydrogen-bond acceptors (Lipinski definition) is 5. The topological polar surface area (TPSA) is 96.0 Å². The Balaban J connectivity index is 1.70. The number of amides is 2. The van der Waals surface area contributed by atoms with Gasteiger partial charge in [-0.15, -0.1) is 0 Å². The van der Waals surface area contributed by atoms with Crippen LogP contribution in [-0.4, -0.2) is 50.9 Å². The number of rotatable bonds is 11. The van der Waals surface area contributed by atoms with E-state index < -0.39 is 28.5 Å². The minimum atomic E-state index is -4.17. The summed E-state index contributed by atoms with van der Waals surface area (Å²) in [5.41, 5.74) is 1.75. The largest absolute Gasteiger partial charge is 0.497 e. The van der Waals surface area contributed by atoms with Crippen LogP contribution >= 0.6 is 23.2 Å². The Morgan fingerprint density at radius 2 is 1.64 bits per heavy atom. The van der Waals surface area contributed by atoms with Gasteiger partial charge in [0.05, 0.1) is 17.7 Å². The maximum Gasteiger partial charge on any atom is 0.264 e. The molecule has 1 N–H and O–H groups in total. The lowest BCUT2D eigenvalue weighted by Crippen LogP contribution is -2.52. The van der Waals surface area contributed by atoms with Gasteiger partial charge in [-0.3, -0.25) is 13.9 Å². The van der Waals surface area contributed by atoms with Crippen molar-refractivity contribution in [1.82, 2.24) is 10.2 Å². The first-order valence-corrected chi connectivity index (χ1v) is 16.0. The fourth-order valence-electron chi connectivity index (χ4n) is 4.92. The molecule has 224 valence electrons. The quantitative estimate of drug-likeness (QED) is 0.281. The van der Waals surface area contributed by atoms with E-state index in [1.165, 1.54) is 24.1 Å². The highest BCUT2D eigenvalue weighted by Gasteiger charge is 2.33. The number of aryl methyl sites for hydroxylation is 1. The maximum atomic E-state index is 14.1. The molecular weight excluding hydrogens is 597 g/mol. The standard InChI is InChI=1S/C31H35Cl2N3O5S/c1-21-8-16-28(17-9-21)42(39,40)36(26-12-14-27(41-3)15-13-26)20-30(37)35(19-23-10-11-24(32)18-29(23)33)22(2)31(38)34-25-6-4-5-7-25/h8-18,22,25H,4-7,19-20H2,1-3H3,(H,34,38)/t22-/m0/s1. The molecule has 1 aliphatic carbocycles. The first-order chi connectivity index (χ1) is 20.0. The molecule has 1 atom stereocenters. The Bertz CT molecular complexity index is 1510. The summed E-state index contributed by atoms with van der Waals surface area (Å²) in [5.74, 6) is -0.340. The van der Waals surface area contributed by atoms with Crippen molar-refractivity contribution in [2.75, 3.05) is 18.0 Å². The number of nitrogens with zero attached hydrogens (tertiary/aromatic N) is 2. The molecule has 42 heavy (non-hydrogen) atoms. The molecule has 0 bridgehead atoms. The molecule has 8 nitrogen and oxygen atoms in total. The highest BCUT2D eigenvalue weighted by Crippen LogP contribution is 2.28. The zero-order chi connectivity index (χ0) is 30.4. The van der Waals surface area contributed by atoms with E-state index in [9.17, 15) is 18.0 Å². The minimum Gasteiger partial charge on any atom is -0.497 e. The van der Waals surface area contributed by atoms with Gasteiger partial charge in [0.1, 0.15) is 18.3 Å². The third kappa shape index (κ3) is 7.56. The molecule has 2 amide bonds. The van der Waals surface area contributed by atoms with Crippen LogP contribution in [0.3, 0.4) is 0 Å². The number of hydrogen-bond donors (Lipinski definition) is 1. The Labute approximate surface area is 257 Å². The van der Waals surface area contributed by atoms with Crippen molar-refractivity contribution in [2.45, 2.75) is 63.1 Å². The fraction of sp³-hybridized carbons (Fsp3) is 0.355. The van der Waals surface area contributed by atoms with E-state index in [4.69, 9.17) is 27.9 Å². The Morgan fingerprint density at radius 3 is 2.24 bits per heavy atom. The SMILES string of the molecule is COc1ccc(N(CC(=O)N(Cc2ccc(Cl)cc2Cl)[C@@H](C)C(=O)NC2CCCC2)S(=O)(=O)c2ccc(C)cc2)cc1. The Hall–Kier alpha value is -3.27. The van der Waals surface area contributed by atoms with Crippen LogP contribution in [0.2, 0.25) is 10.0 Å². The number of methoxy groups -OCH3 is 1. The summed E-state index contributed by atoms with van der Waals surface area (Å²) in [7, 11) is -2.66. The van der Waals surface area contributed by atoms with Gasteiger partial charge in [0.25, 0.3) is 10.0 Å². The normalized spacial score (nSPS) is 14.3. The van der Waals surface area contributed by atoms with E-state index in [-0.39, 0.29) is 29.1 Å². The number of carbonyl (C=O) groups is 2. The number of ether oxygens (including phenoxy) is 1. The summed E-state index contributed by atoms with van der Waals surface area (Å²) in [6, 6.07) is 16.9. The highest BCUT2D eigenvalue weighted by molar-refractivity contribution is 7.92. The van der Waals surface area contributed by atoms with Crippen molar-refractivity contribution in [3.63, 3.8) is 0 Å². The summed E-state index contributed by atoms with van der Waals surface area (Å²) in [4.78, 5) is 28.8. The molecule has 3 aromatic carbocycles. The summed E-state index contributed by atoms with van der Waals surface area (Å²) < 4.78 is 34.2. The fourth-order valence-corrected chi connectivity index (χ4v) is 6.81. The molecule has 0 spiro atoms. The number of halogens is 2. The summed E-state index contributed by atoms with van der Waals surface area (Å²) in [5, 5.41) is 3.82. The van der Waals surface area contributed by atoms with Crippen LogP contribution in [0.4, 0.5) is 5.69 Å². The molecule has 0 radical (unpaired) electrons. The van der Waals surface area contributed by atoms with Gasteiger partial charge in [-0.05, 0) is 80.8 Å². The van der Waals surface area contributed by atoms with Gasteiger partial charge in [0.15, 0.2) is 0 Å². The van der Waals surface area contributed by atoms with E-state index >= 15 is 0 Å². The van der Waals surface area contributed by atoms with Gasteiger partial charge in [-0.1, -0.05) is 59.8 Å². The Morgan fingerprint density at radius 1 is 1.00 bits per heavy atom. The van der Waals surface area contributed by atoms with Crippen LogP contribution < -0.4 is 14.4 Å². The number of benzene rings is 3.